The number of hydrogen-bond donors (Lipinski definition) is 2. The first-order valence-corrected chi connectivity index (χ1v) is 6.39. The van der Waals surface area contributed by atoms with Crippen LogP contribution in [0.3, 0.4) is 0 Å². The molecule has 7 nitrogen and oxygen atoms in total. The number of β-lactam (4-membered cyclic amide) rings is 1. The van der Waals surface area contributed by atoms with Gasteiger partial charge in [0.15, 0.2) is 0 Å². The van der Waals surface area contributed by atoms with Crippen LogP contribution in [0.5, 0.6) is 0 Å². The van der Waals surface area contributed by atoms with Crippen LogP contribution in [0.25, 0.3) is 5.57 Å². The second-order valence-electron chi connectivity index (χ2n) is 5.25. The maximum atomic E-state index is 12.0. The number of aliphatic hydroxyl groups is 1. The van der Waals surface area contributed by atoms with Crippen molar-refractivity contribution in [2.45, 2.75) is 25.5 Å². The van der Waals surface area contributed by atoms with E-state index >= 15 is 0 Å². The summed E-state index contributed by atoms with van der Waals surface area (Å²) in [6, 6.07) is 1.46. The Kier molecular flexibility index (Phi) is 2.68. The van der Waals surface area contributed by atoms with Crippen LogP contribution in [-0.4, -0.2) is 48.9 Å². The molecule has 2 N–H and O–H groups in total. The lowest BCUT2D eigenvalue weighted by Crippen LogP contribution is -2.61. The van der Waals surface area contributed by atoms with Crippen molar-refractivity contribution in [3.63, 3.8) is 0 Å². The zero-order chi connectivity index (χ0) is 14.6. The van der Waals surface area contributed by atoms with Crippen molar-refractivity contribution in [1.29, 1.82) is 0 Å². The van der Waals surface area contributed by atoms with Crippen LogP contribution >= 0.6 is 0 Å². The van der Waals surface area contributed by atoms with Crippen molar-refractivity contribution in [2.24, 2.45) is 13.0 Å². The van der Waals surface area contributed by atoms with Crippen molar-refractivity contribution in [3.8, 4) is 0 Å². The van der Waals surface area contributed by atoms with Gasteiger partial charge in [-0.1, -0.05) is 0 Å². The molecule has 1 aromatic rings. The lowest BCUT2D eigenvalue weighted by molar-refractivity contribution is -0.161. The number of aliphatic hydroxyl groups excluding tert-OH is 1. The van der Waals surface area contributed by atoms with Gasteiger partial charge in [0, 0.05) is 18.8 Å². The molecule has 1 aromatic heterocycles. The van der Waals surface area contributed by atoms with Gasteiger partial charge in [-0.25, -0.2) is 4.79 Å². The van der Waals surface area contributed by atoms with Gasteiger partial charge < -0.3 is 15.1 Å². The maximum Gasteiger partial charge on any atom is 0.352 e. The maximum absolute atomic E-state index is 12.0. The molecule has 0 saturated carbocycles. The lowest BCUT2D eigenvalue weighted by Gasteiger charge is -2.44. The zero-order valence-electron chi connectivity index (χ0n) is 11.1. The van der Waals surface area contributed by atoms with Crippen molar-refractivity contribution in [3.05, 3.63) is 23.7 Å². The average molecular weight is 277 g/mol. The summed E-state index contributed by atoms with van der Waals surface area (Å²) in [6.45, 7) is 1.55. The molecule has 1 amide bonds. The van der Waals surface area contributed by atoms with Crippen molar-refractivity contribution in [1.82, 2.24) is 14.7 Å². The number of aliphatic carboxylic acids is 1. The number of carboxylic acid groups (broad SMARTS) is 1. The predicted molar refractivity (Wildman–Crippen MR) is 68.2 cm³/mol. The number of rotatable bonds is 3. The van der Waals surface area contributed by atoms with E-state index in [2.05, 4.69) is 5.10 Å². The van der Waals surface area contributed by atoms with Crippen LogP contribution in [0.1, 0.15) is 19.0 Å². The van der Waals surface area contributed by atoms with E-state index in [0.717, 1.165) is 0 Å². The van der Waals surface area contributed by atoms with Gasteiger partial charge in [-0.05, 0) is 19.4 Å². The van der Waals surface area contributed by atoms with Gasteiger partial charge in [0.1, 0.15) is 5.70 Å². The van der Waals surface area contributed by atoms with Gasteiger partial charge in [0.05, 0.1) is 23.8 Å². The van der Waals surface area contributed by atoms with E-state index in [4.69, 9.17) is 0 Å². The highest BCUT2D eigenvalue weighted by Gasteiger charge is 2.57. The van der Waals surface area contributed by atoms with Crippen LogP contribution in [0.4, 0.5) is 0 Å². The lowest BCUT2D eigenvalue weighted by atomic mass is 9.83. The Labute approximate surface area is 115 Å². The van der Waals surface area contributed by atoms with E-state index < -0.39 is 18.0 Å². The highest BCUT2D eigenvalue weighted by atomic mass is 16.4. The molecule has 2 aliphatic rings. The summed E-state index contributed by atoms with van der Waals surface area (Å²) in [5.74, 6) is -1.98. The Bertz CT molecular complexity index is 631. The number of nitrogens with zero attached hydrogens (tertiary/aromatic N) is 3. The van der Waals surface area contributed by atoms with Crippen LogP contribution in [-0.2, 0) is 16.6 Å². The quantitative estimate of drug-likeness (QED) is 0.748. The molecule has 2 aliphatic heterocycles. The minimum Gasteiger partial charge on any atom is -0.477 e. The van der Waals surface area contributed by atoms with E-state index in [9.17, 15) is 19.8 Å². The van der Waals surface area contributed by atoms with E-state index in [1.165, 1.54) is 4.90 Å². The average Bonchev–Trinajstić information content (AvgIpc) is 2.90. The molecule has 0 aromatic carbocycles. The largest absolute Gasteiger partial charge is 0.477 e. The number of amides is 1. The minimum absolute atomic E-state index is 0.00407. The molecular formula is C13H15N3O4. The van der Waals surface area contributed by atoms with Crippen LogP contribution in [0.15, 0.2) is 18.0 Å². The molecule has 1 saturated heterocycles. The molecule has 20 heavy (non-hydrogen) atoms. The molecule has 0 bridgehead atoms. The topological polar surface area (TPSA) is 95.7 Å². The van der Waals surface area contributed by atoms with Gasteiger partial charge in [-0.2, -0.15) is 5.10 Å². The summed E-state index contributed by atoms with van der Waals surface area (Å²) in [5, 5.41) is 23.2. The molecule has 106 valence electrons. The number of hydrogen-bond acceptors (Lipinski definition) is 4. The fraction of sp³-hybridized carbons (Fsp3) is 0.462. The van der Waals surface area contributed by atoms with Gasteiger partial charge in [-0.3, -0.25) is 9.48 Å². The van der Waals surface area contributed by atoms with Gasteiger partial charge in [0.2, 0.25) is 5.91 Å². The zero-order valence-corrected chi connectivity index (χ0v) is 11.1. The molecule has 0 aliphatic carbocycles. The fourth-order valence-electron chi connectivity index (χ4n) is 3.07. The van der Waals surface area contributed by atoms with E-state index in [-0.39, 0.29) is 17.6 Å². The smallest absolute Gasteiger partial charge is 0.352 e. The molecule has 3 rings (SSSR count). The summed E-state index contributed by atoms with van der Waals surface area (Å²) in [5.41, 5.74) is 1.12. The van der Waals surface area contributed by atoms with E-state index in [1.807, 2.05) is 0 Å². The summed E-state index contributed by atoms with van der Waals surface area (Å²) < 4.78 is 1.59. The standard InChI is InChI=1S/C13H15N3O4/c1-6(17)10-9-5-7(8-3-4-15(2)14-8)11(13(19)20)16(9)12(10)18/h3-4,6,9-10,17H,5H2,1-2H3,(H,19,20)/t6-,9-,10-/m1/s1. The van der Waals surface area contributed by atoms with Gasteiger partial charge in [0.25, 0.3) is 0 Å². The highest BCUT2D eigenvalue weighted by Crippen LogP contribution is 2.46. The number of aromatic nitrogens is 2. The minimum atomic E-state index is -1.13. The second kappa shape index (κ2) is 4.17. The molecular weight excluding hydrogens is 262 g/mol. The number of carbonyl (C=O) groups is 2. The Balaban J connectivity index is 2.02. The Morgan fingerprint density at radius 3 is 2.75 bits per heavy atom. The second-order valence-corrected chi connectivity index (χ2v) is 5.25. The number of carboxylic acids is 1. The SMILES string of the molecule is C[C@@H](O)[C@H]1C(=O)N2C(C(=O)O)=C(c3ccn(C)n3)C[C@H]12. The Morgan fingerprint density at radius 1 is 1.55 bits per heavy atom. The monoisotopic (exact) mass is 277 g/mol. The Morgan fingerprint density at radius 2 is 2.25 bits per heavy atom. The normalized spacial score (nSPS) is 26.6. The van der Waals surface area contributed by atoms with Gasteiger partial charge >= 0.3 is 5.97 Å². The van der Waals surface area contributed by atoms with E-state index in [0.29, 0.717) is 17.7 Å². The van der Waals surface area contributed by atoms with Crippen LogP contribution in [0, 0.1) is 5.92 Å². The number of aryl methyl sites for hydroxylation is 1. The summed E-state index contributed by atoms with van der Waals surface area (Å²) >= 11 is 0. The van der Waals surface area contributed by atoms with Crippen molar-refractivity contribution in [2.75, 3.05) is 0 Å². The third-order valence-corrected chi connectivity index (χ3v) is 3.95. The summed E-state index contributed by atoms with van der Waals surface area (Å²) in [4.78, 5) is 24.8. The predicted octanol–water partition coefficient (Wildman–Crippen LogP) is -0.173. The molecule has 0 spiro atoms. The number of fused-ring (bicyclic) bond motifs is 1. The Hall–Kier alpha value is -2.15. The highest BCUT2D eigenvalue weighted by molar-refractivity contribution is 6.05. The first-order chi connectivity index (χ1) is 9.41. The van der Waals surface area contributed by atoms with Crippen LogP contribution in [0.2, 0.25) is 0 Å². The van der Waals surface area contributed by atoms with Gasteiger partial charge in [-0.15, -0.1) is 0 Å². The van der Waals surface area contributed by atoms with Crippen molar-refractivity contribution < 1.29 is 19.8 Å². The number of carbonyl (C=O) groups excluding carboxylic acids is 1. The van der Waals surface area contributed by atoms with Crippen molar-refractivity contribution >= 4 is 17.4 Å². The molecule has 7 heteroatoms. The first kappa shape index (κ1) is 12.9. The molecule has 0 unspecified atom stereocenters. The first-order valence-electron chi connectivity index (χ1n) is 6.39. The third kappa shape index (κ3) is 1.59. The molecule has 3 heterocycles. The van der Waals surface area contributed by atoms with E-state index in [1.54, 1.807) is 30.9 Å². The fourth-order valence-corrected chi connectivity index (χ4v) is 3.07. The van der Waals surface area contributed by atoms with Crippen LogP contribution < -0.4 is 0 Å². The third-order valence-electron chi connectivity index (χ3n) is 3.95. The molecule has 0 radical (unpaired) electrons. The molecule has 3 atom stereocenters. The molecule has 1 fully saturated rings. The summed E-state index contributed by atoms with van der Waals surface area (Å²) in [7, 11) is 1.75. The summed E-state index contributed by atoms with van der Waals surface area (Å²) in [6.07, 6.45) is 1.37.